The van der Waals surface area contributed by atoms with Gasteiger partial charge in [-0.15, -0.1) is 0 Å². The van der Waals surface area contributed by atoms with E-state index in [1.54, 1.807) is 13.1 Å². The van der Waals surface area contributed by atoms with Crippen molar-refractivity contribution in [1.29, 1.82) is 0 Å². The Hall–Kier alpha value is -1.75. The second-order valence-corrected chi connectivity index (χ2v) is 4.38. The average Bonchev–Trinajstić information content (AvgIpc) is 2.83. The molecule has 102 valence electrons. The van der Waals surface area contributed by atoms with E-state index in [9.17, 15) is 8.78 Å². The van der Waals surface area contributed by atoms with Crippen LogP contribution in [0.2, 0.25) is 0 Å². The van der Waals surface area contributed by atoms with Crippen molar-refractivity contribution in [2.75, 3.05) is 0 Å². The Morgan fingerprint density at radius 3 is 2.58 bits per heavy atom. The van der Waals surface area contributed by atoms with Crippen LogP contribution in [0.4, 0.5) is 8.78 Å². The zero-order chi connectivity index (χ0) is 13.8. The molecule has 2 rings (SSSR count). The van der Waals surface area contributed by atoms with Crippen molar-refractivity contribution in [1.82, 2.24) is 15.1 Å². The van der Waals surface area contributed by atoms with E-state index >= 15 is 0 Å². The van der Waals surface area contributed by atoms with Crippen LogP contribution in [-0.4, -0.2) is 9.78 Å². The number of hydrogen-bond acceptors (Lipinski definition) is 2. The first-order chi connectivity index (χ1) is 9.13. The van der Waals surface area contributed by atoms with Gasteiger partial charge in [-0.3, -0.25) is 4.68 Å². The summed E-state index contributed by atoms with van der Waals surface area (Å²) < 4.78 is 29.1. The molecule has 1 N–H and O–H groups in total. The molecule has 3 nitrogen and oxygen atoms in total. The first-order valence-corrected chi connectivity index (χ1v) is 6.31. The van der Waals surface area contributed by atoms with Gasteiger partial charge in [0.05, 0.1) is 5.69 Å². The number of aromatic nitrogens is 2. The monoisotopic (exact) mass is 265 g/mol. The van der Waals surface area contributed by atoms with Crippen molar-refractivity contribution in [3.63, 3.8) is 0 Å². The van der Waals surface area contributed by atoms with E-state index in [-0.39, 0.29) is 5.56 Å². The summed E-state index contributed by atoms with van der Waals surface area (Å²) in [5.74, 6) is -1.05. The molecule has 0 aliphatic heterocycles. The zero-order valence-electron chi connectivity index (χ0n) is 11.0. The number of benzene rings is 1. The van der Waals surface area contributed by atoms with Gasteiger partial charge in [0.15, 0.2) is 0 Å². The van der Waals surface area contributed by atoms with Crippen LogP contribution in [-0.2, 0) is 13.1 Å². The molecule has 2 aromatic rings. The lowest BCUT2D eigenvalue weighted by molar-refractivity contribution is 0.476. The Balaban J connectivity index is 2.08. The Kier molecular flexibility index (Phi) is 4.27. The maximum Gasteiger partial charge on any atom is 0.130 e. The molecule has 0 fully saturated rings. The van der Waals surface area contributed by atoms with Crippen LogP contribution in [0.1, 0.15) is 31.1 Å². The fraction of sp³-hybridized carbons (Fsp3) is 0.357. The summed E-state index contributed by atoms with van der Waals surface area (Å²) in [5.41, 5.74) is 1.07. The minimum Gasteiger partial charge on any atom is -0.304 e. The summed E-state index contributed by atoms with van der Waals surface area (Å²) in [4.78, 5) is 0. The lowest BCUT2D eigenvalue weighted by Crippen LogP contribution is -2.22. The van der Waals surface area contributed by atoms with Gasteiger partial charge in [-0.2, -0.15) is 5.10 Å². The summed E-state index contributed by atoms with van der Waals surface area (Å²) >= 11 is 0. The van der Waals surface area contributed by atoms with Gasteiger partial charge in [-0.1, -0.05) is 6.07 Å². The summed E-state index contributed by atoms with van der Waals surface area (Å²) in [6.07, 6.45) is 1.72. The van der Waals surface area contributed by atoms with Gasteiger partial charge in [-0.25, -0.2) is 8.78 Å². The van der Waals surface area contributed by atoms with Gasteiger partial charge in [0.1, 0.15) is 11.6 Å². The van der Waals surface area contributed by atoms with E-state index in [1.807, 2.05) is 17.7 Å². The molecule has 1 heterocycles. The quantitative estimate of drug-likeness (QED) is 0.900. The smallest absolute Gasteiger partial charge is 0.130 e. The highest BCUT2D eigenvalue weighted by Crippen LogP contribution is 2.20. The third kappa shape index (κ3) is 2.98. The van der Waals surface area contributed by atoms with E-state index in [4.69, 9.17) is 0 Å². The normalized spacial score (nSPS) is 12.6. The first kappa shape index (κ1) is 13.7. The molecule has 1 atom stereocenters. The minimum atomic E-state index is -0.524. The predicted molar refractivity (Wildman–Crippen MR) is 69.5 cm³/mol. The highest BCUT2D eigenvalue weighted by molar-refractivity contribution is 5.22. The van der Waals surface area contributed by atoms with E-state index in [2.05, 4.69) is 10.4 Å². The molecule has 1 unspecified atom stereocenters. The molecule has 0 aliphatic carbocycles. The van der Waals surface area contributed by atoms with Gasteiger partial charge >= 0.3 is 0 Å². The topological polar surface area (TPSA) is 29.9 Å². The molecule has 1 aromatic heterocycles. The maximum absolute atomic E-state index is 13.6. The van der Waals surface area contributed by atoms with Gasteiger partial charge in [0.25, 0.3) is 0 Å². The minimum absolute atomic E-state index is 0.0741. The third-order valence-corrected chi connectivity index (χ3v) is 3.13. The Bertz CT molecular complexity index is 531. The molecule has 0 aliphatic rings. The van der Waals surface area contributed by atoms with Crippen LogP contribution in [0.5, 0.6) is 0 Å². The van der Waals surface area contributed by atoms with Crippen molar-refractivity contribution >= 4 is 0 Å². The molecule has 1 aromatic carbocycles. The molecule has 19 heavy (non-hydrogen) atoms. The number of nitrogens with zero attached hydrogens (tertiary/aromatic N) is 2. The Morgan fingerprint density at radius 2 is 1.95 bits per heavy atom. The second kappa shape index (κ2) is 5.93. The van der Waals surface area contributed by atoms with Gasteiger partial charge in [0.2, 0.25) is 0 Å². The standard InChI is InChI=1S/C14H17F2N3/c1-3-19-11(7-8-18-19)9-17-10(2)14-12(15)5-4-6-13(14)16/h4-8,10,17H,3,9H2,1-2H3. The fourth-order valence-electron chi connectivity index (χ4n) is 2.08. The van der Waals surface area contributed by atoms with Crippen LogP contribution in [0.25, 0.3) is 0 Å². The number of nitrogens with one attached hydrogen (secondary N) is 1. The maximum atomic E-state index is 13.6. The van der Waals surface area contributed by atoms with Crippen molar-refractivity contribution in [3.8, 4) is 0 Å². The van der Waals surface area contributed by atoms with Gasteiger partial charge < -0.3 is 5.32 Å². The van der Waals surface area contributed by atoms with Crippen LogP contribution in [0, 0.1) is 11.6 Å². The predicted octanol–water partition coefficient (Wildman–Crippen LogP) is 3.03. The number of aryl methyl sites for hydroxylation is 1. The second-order valence-electron chi connectivity index (χ2n) is 4.38. The van der Waals surface area contributed by atoms with Crippen molar-refractivity contribution in [2.45, 2.75) is 33.0 Å². The van der Waals surface area contributed by atoms with E-state index in [1.165, 1.54) is 18.2 Å². The SMILES string of the molecule is CCn1nccc1CNC(C)c1c(F)cccc1F. The number of hydrogen-bond donors (Lipinski definition) is 1. The molecule has 0 radical (unpaired) electrons. The molecular weight excluding hydrogens is 248 g/mol. The zero-order valence-corrected chi connectivity index (χ0v) is 11.0. The van der Waals surface area contributed by atoms with Crippen molar-refractivity contribution < 1.29 is 8.78 Å². The third-order valence-electron chi connectivity index (χ3n) is 3.13. The van der Waals surface area contributed by atoms with Crippen molar-refractivity contribution in [2.24, 2.45) is 0 Å². The Morgan fingerprint density at radius 1 is 1.26 bits per heavy atom. The van der Waals surface area contributed by atoms with Crippen LogP contribution < -0.4 is 5.32 Å². The first-order valence-electron chi connectivity index (χ1n) is 6.31. The van der Waals surface area contributed by atoms with Crippen molar-refractivity contribution in [3.05, 3.63) is 53.4 Å². The molecule has 0 saturated heterocycles. The van der Waals surface area contributed by atoms with E-state index in [0.717, 1.165) is 12.2 Å². The lowest BCUT2D eigenvalue weighted by atomic mass is 10.1. The van der Waals surface area contributed by atoms with E-state index in [0.29, 0.717) is 6.54 Å². The summed E-state index contributed by atoms with van der Waals surface area (Å²) in [6.45, 7) is 5.03. The summed E-state index contributed by atoms with van der Waals surface area (Å²) in [6, 6.07) is 5.40. The molecule has 0 spiro atoms. The van der Waals surface area contributed by atoms with Crippen LogP contribution in [0.15, 0.2) is 30.5 Å². The van der Waals surface area contributed by atoms with Gasteiger partial charge in [0, 0.05) is 30.9 Å². The number of rotatable bonds is 5. The molecule has 0 bridgehead atoms. The largest absolute Gasteiger partial charge is 0.304 e. The van der Waals surface area contributed by atoms with Crippen LogP contribution >= 0.6 is 0 Å². The summed E-state index contributed by atoms with van der Waals surface area (Å²) in [7, 11) is 0. The Labute approximate surface area is 111 Å². The highest BCUT2D eigenvalue weighted by atomic mass is 19.1. The molecule has 5 heteroatoms. The van der Waals surface area contributed by atoms with E-state index < -0.39 is 17.7 Å². The van der Waals surface area contributed by atoms with Gasteiger partial charge in [-0.05, 0) is 32.0 Å². The highest BCUT2D eigenvalue weighted by Gasteiger charge is 2.15. The van der Waals surface area contributed by atoms with Crippen LogP contribution in [0.3, 0.4) is 0 Å². The molecule has 0 amide bonds. The summed E-state index contributed by atoms with van der Waals surface area (Å²) in [5, 5.41) is 7.27. The molecular formula is C14H17F2N3. The lowest BCUT2D eigenvalue weighted by Gasteiger charge is -2.16. The fourth-order valence-corrected chi connectivity index (χ4v) is 2.08. The number of halogens is 2. The average molecular weight is 265 g/mol. The molecule has 0 saturated carbocycles.